The molecule has 2 aromatic heterocycles. The lowest BCUT2D eigenvalue weighted by molar-refractivity contribution is -0.137. The van der Waals surface area contributed by atoms with Crippen LogP contribution in [-0.4, -0.2) is 31.4 Å². The highest BCUT2D eigenvalue weighted by Crippen LogP contribution is 2.34. The quantitative estimate of drug-likeness (QED) is 0.261. The van der Waals surface area contributed by atoms with Crippen LogP contribution in [0.3, 0.4) is 0 Å². The Morgan fingerprint density at radius 3 is 2.41 bits per heavy atom. The molecular weight excluding hydrogens is 494 g/mol. The van der Waals surface area contributed by atoms with Crippen LogP contribution in [0.2, 0.25) is 5.02 Å². The highest BCUT2D eigenvalue weighted by molar-refractivity contribution is 7.99. The fourth-order valence-corrected chi connectivity index (χ4v) is 3.90. The molecule has 174 valence electrons. The summed E-state index contributed by atoms with van der Waals surface area (Å²) in [4.78, 5) is 16.5. The van der Waals surface area contributed by atoms with Gasteiger partial charge in [-0.3, -0.25) is 14.3 Å². The molecule has 4 aromatic rings. The van der Waals surface area contributed by atoms with Gasteiger partial charge in [-0.05, 0) is 54.6 Å². The first-order chi connectivity index (χ1) is 16.2. The second-order valence-electron chi connectivity index (χ2n) is 6.88. The molecule has 12 heteroatoms. The molecule has 0 fully saturated rings. The van der Waals surface area contributed by atoms with Crippen LogP contribution in [0.4, 0.5) is 23.2 Å². The van der Waals surface area contributed by atoms with E-state index in [-0.39, 0.29) is 16.5 Å². The van der Waals surface area contributed by atoms with E-state index in [0.717, 1.165) is 30.0 Å². The summed E-state index contributed by atoms with van der Waals surface area (Å²) in [6, 6.07) is 11.8. The topological polar surface area (TPSA) is 72.7 Å². The number of carbonyl (C=O) groups is 1. The van der Waals surface area contributed by atoms with Crippen LogP contribution in [0, 0.1) is 5.82 Å². The molecule has 0 atom stereocenters. The second kappa shape index (κ2) is 9.82. The molecule has 0 bridgehead atoms. The third-order valence-corrected chi connectivity index (χ3v) is 5.82. The molecule has 0 saturated heterocycles. The molecule has 0 spiro atoms. The van der Waals surface area contributed by atoms with Crippen molar-refractivity contribution in [1.82, 2.24) is 19.7 Å². The summed E-state index contributed by atoms with van der Waals surface area (Å²) in [5.74, 6) is -0.764. The number of amides is 1. The van der Waals surface area contributed by atoms with E-state index in [4.69, 9.17) is 11.6 Å². The van der Waals surface area contributed by atoms with Crippen molar-refractivity contribution in [2.45, 2.75) is 11.3 Å². The van der Waals surface area contributed by atoms with Crippen molar-refractivity contribution in [1.29, 1.82) is 0 Å². The number of nitrogens with one attached hydrogen (secondary N) is 1. The Hall–Kier alpha value is -3.44. The van der Waals surface area contributed by atoms with Crippen LogP contribution in [0.1, 0.15) is 5.56 Å². The number of hydrogen-bond acceptors (Lipinski definition) is 5. The van der Waals surface area contributed by atoms with Gasteiger partial charge in [0, 0.05) is 23.6 Å². The number of aromatic nitrogens is 4. The van der Waals surface area contributed by atoms with Crippen molar-refractivity contribution in [3.05, 3.63) is 83.4 Å². The van der Waals surface area contributed by atoms with E-state index in [1.165, 1.54) is 24.3 Å². The van der Waals surface area contributed by atoms with Gasteiger partial charge >= 0.3 is 6.18 Å². The molecule has 0 aliphatic heterocycles. The molecule has 1 amide bonds. The van der Waals surface area contributed by atoms with Gasteiger partial charge < -0.3 is 5.32 Å². The molecule has 1 N–H and O–H groups in total. The first-order valence-corrected chi connectivity index (χ1v) is 11.0. The molecule has 2 heterocycles. The van der Waals surface area contributed by atoms with E-state index in [1.54, 1.807) is 29.1 Å². The highest BCUT2D eigenvalue weighted by Gasteiger charge is 2.31. The monoisotopic (exact) mass is 507 g/mol. The minimum atomic E-state index is -4.58. The molecule has 34 heavy (non-hydrogen) atoms. The number of rotatable bonds is 6. The maximum atomic E-state index is 13.5. The van der Waals surface area contributed by atoms with Crippen LogP contribution in [0.15, 0.2) is 72.1 Å². The number of thioether (sulfide) groups is 1. The van der Waals surface area contributed by atoms with Gasteiger partial charge in [-0.25, -0.2) is 4.39 Å². The van der Waals surface area contributed by atoms with Gasteiger partial charge in [-0.2, -0.15) is 13.2 Å². The molecule has 0 saturated carbocycles. The summed E-state index contributed by atoms with van der Waals surface area (Å²) in [6.07, 6.45) is -1.41. The number of benzene rings is 2. The highest BCUT2D eigenvalue weighted by atomic mass is 35.5. The maximum absolute atomic E-state index is 13.5. The standard InChI is InChI=1S/C22H14ClF4N5OS/c23-17-6-1-14(22(25,26)27)11-18(17)29-19(33)12-34-21-31-30-20(13-7-9-28-10-8-13)32(21)16-4-2-15(24)3-5-16/h1-11H,12H2,(H,29,33). The van der Waals surface area contributed by atoms with Crippen molar-refractivity contribution in [2.75, 3.05) is 11.1 Å². The lowest BCUT2D eigenvalue weighted by atomic mass is 10.2. The van der Waals surface area contributed by atoms with Crippen molar-refractivity contribution in [3.8, 4) is 17.1 Å². The summed E-state index contributed by atoms with van der Waals surface area (Å²) < 4.78 is 54.0. The molecule has 0 aliphatic carbocycles. The second-order valence-corrected chi connectivity index (χ2v) is 8.23. The predicted octanol–water partition coefficient (Wildman–Crippen LogP) is 5.87. The zero-order valence-corrected chi connectivity index (χ0v) is 18.6. The first-order valence-electron chi connectivity index (χ1n) is 9.63. The summed E-state index contributed by atoms with van der Waals surface area (Å²) in [5, 5.41) is 11.0. The summed E-state index contributed by atoms with van der Waals surface area (Å²) in [5.41, 5.74) is 0.165. The molecule has 2 aromatic carbocycles. The van der Waals surface area contributed by atoms with Crippen LogP contribution < -0.4 is 5.32 Å². The molecule has 0 unspecified atom stereocenters. The SMILES string of the molecule is O=C(CSc1nnc(-c2ccncc2)n1-c1ccc(F)cc1)Nc1cc(C(F)(F)F)ccc1Cl. The van der Waals surface area contributed by atoms with Crippen LogP contribution in [0.5, 0.6) is 0 Å². The lowest BCUT2D eigenvalue weighted by Gasteiger charge is -2.12. The number of nitrogens with zero attached hydrogens (tertiary/aromatic N) is 4. The van der Waals surface area contributed by atoms with Crippen LogP contribution in [-0.2, 0) is 11.0 Å². The number of hydrogen-bond donors (Lipinski definition) is 1. The molecule has 0 aliphatic rings. The Morgan fingerprint density at radius 2 is 1.74 bits per heavy atom. The summed E-state index contributed by atoms with van der Waals surface area (Å²) >= 11 is 6.95. The lowest BCUT2D eigenvalue weighted by Crippen LogP contribution is -2.16. The van der Waals surface area contributed by atoms with Gasteiger partial charge in [0.1, 0.15) is 5.82 Å². The number of alkyl halides is 3. The fourth-order valence-electron chi connectivity index (χ4n) is 2.99. The number of pyridine rings is 1. The Balaban J connectivity index is 1.57. The normalized spacial score (nSPS) is 11.4. The van der Waals surface area contributed by atoms with Gasteiger partial charge in [0.05, 0.1) is 22.0 Å². The van der Waals surface area contributed by atoms with Crippen molar-refractivity contribution < 1.29 is 22.4 Å². The largest absolute Gasteiger partial charge is 0.416 e. The van der Waals surface area contributed by atoms with Gasteiger partial charge in [0.25, 0.3) is 0 Å². The number of anilines is 1. The van der Waals surface area contributed by atoms with Gasteiger partial charge in [-0.1, -0.05) is 23.4 Å². The molecule has 0 radical (unpaired) electrons. The van der Waals surface area contributed by atoms with Crippen LogP contribution >= 0.6 is 23.4 Å². The average molecular weight is 508 g/mol. The summed E-state index contributed by atoms with van der Waals surface area (Å²) in [6.45, 7) is 0. The van der Waals surface area contributed by atoms with Crippen molar-refractivity contribution in [3.63, 3.8) is 0 Å². The van der Waals surface area contributed by atoms with E-state index < -0.39 is 23.5 Å². The first kappa shape index (κ1) is 23.7. The van der Waals surface area contributed by atoms with Crippen molar-refractivity contribution >= 4 is 35.0 Å². The van der Waals surface area contributed by atoms with Gasteiger partial charge in [-0.15, -0.1) is 10.2 Å². The smallest absolute Gasteiger partial charge is 0.324 e. The van der Waals surface area contributed by atoms with Gasteiger partial charge in [0.15, 0.2) is 11.0 Å². The molecule has 6 nitrogen and oxygen atoms in total. The number of carbonyl (C=O) groups excluding carboxylic acids is 1. The van der Waals surface area contributed by atoms with E-state index in [1.807, 2.05) is 0 Å². The van der Waals surface area contributed by atoms with E-state index >= 15 is 0 Å². The average Bonchev–Trinajstić information content (AvgIpc) is 3.23. The third kappa shape index (κ3) is 5.37. The van der Waals surface area contributed by atoms with E-state index in [0.29, 0.717) is 22.2 Å². The molecular formula is C22H14ClF4N5OS. The Kier molecular flexibility index (Phi) is 6.85. The Morgan fingerprint density at radius 1 is 1.03 bits per heavy atom. The zero-order valence-electron chi connectivity index (χ0n) is 17.1. The fraction of sp³-hybridized carbons (Fsp3) is 0.0909. The van der Waals surface area contributed by atoms with E-state index in [9.17, 15) is 22.4 Å². The Labute approximate surface area is 200 Å². The summed E-state index contributed by atoms with van der Waals surface area (Å²) in [7, 11) is 0. The zero-order chi connectivity index (χ0) is 24.3. The van der Waals surface area contributed by atoms with Crippen molar-refractivity contribution in [2.24, 2.45) is 0 Å². The minimum Gasteiger partial charge on any atom is -0.324 e. The number of halogens is 5. The Bertz CT molecular complexity index is 1310. The maximum Gasteiger partial charge on any atom is 0.416 e. The third-order valence-electron chi connectivity index (χ3n) is 4.56. The predicted molar refractivity (Wildman–Crippen MR) is 120 cm³/mol. The van der Waals surface area contributed by atoms with Crippen LogP contribution in [0.25, 0.3) is 17.1 Å². The van der Waals surface area contributed by atoms with Gasteiger partial charge in [0.2, 0.25) is 5.91 Å². The van der Waals surface area contributed by atoms with E-state index in [2.05, 4.69) is 20.5 Å². The molecule has 4 rings (SSSR count). The minimum absolute atomic E-state index is 0.0270.